The molecule has 1 saturated carbocycles. The number of carbonyl (C=O) groups is 1. The summed E-state index contributed by atoms with van der Waals surface area (Å²) in [5.41, 5.74) is 1.88. The smallest absolute Gasteiger partial charge is 0.236 e. The Morgan fingerprint density at radius 1 is 1.46 bits per heavy atom. The number of aromatic nitrogens is 1. The number of likely N-dealkylation sites (N-methyl/N-ethyl adjacent to an activating group) is 1. The maximum Gasteiger partial charge on any atom is 0.236 e. The first-order valence-electron chi connectivity index (χ1n) is 8.39. The van der Waals surface area contributed by atoms with Crippen LogP contribution in [0.25, 0.3) is 0 Å². The number of nitrogens with zero attached hydrogens (tertiary/aromatic N) is 2. The Kier molecular flexibility index (Phi) is 4.22. The zero-order valence-electron chi connectivity index (χ0n) is 13.6. The van der Waals surface area contributed by atoms with Gasteiger partial charge < -0.3 is 5.32 Å². The van der Waals surface area contributed by atoms with Crippen molar-refractivity contribution in [3.05, 3.63) is 44.9 Å². The number of carbonyl (C=O) groups excluding carboxylic acids is 1. The van der Waals surface area contributed by atoms with Gasteiger partial charge in [-0.05, 0) is 37.1 Å². The highest BCUT2D eigenvalue weighted by Gasteiger charge is 2.51. The predicted octanol–water partition coefficient (Wildman–Crippen LogP) is 3.95. The van der Waals surface area contributed by atoms with Crippen molar-refractivity contribution in [3.8, 4) is 0 Å². The number of anilines is 1. The fraction of sp³-hybridized carbons (Fsp3) is 0.444. The Morgan fingerprint density at radius 3 is 3.00 bits per heavy atom. The largest absolute Gasteiger partial charge is 0.301 e. The SMILES string of the molecule is CCN1CCc2nc(NC(=O)C3(c4cccc(Br)c4)CC3)sc2C1. The van der Waals surface area contributed by atoms with E-state index in [0.717, 1.165) is 59.8 Å². The molecule has 2 heterocycles. The van der Waals surface area contributed by atoms with Gasteiger partial charge in [0, 0.05) is 28.9 Å². The molecule has 0 atom stereocenters. The van der Waals surface area contributed by atoms with Crippen LogP contribution in [0.15, 0.2) is 28.7 Å². The lowest BCUT2D eigenvalue weighted by atomic mass is 9.95. The highest BCUT2D eigenvalue weighted by Crippen LogP contribution is 2.49. The minimum atomic E-state index is -0.370. The molecule has 0 bridgehead atoms. The molecule has 2 aromatic rings. The fourth-order valence-electron chi connectivity index (χ4n) is 3.35. The van der Waals surface area contributed by atoms with Crippen molar-refractivity contribution < 1.29 is 4.79 Å². The van der Waals surface area contributed by atoms with E-state index in [2.05, 4.69) is 44.1 Å². The van der Waals surface area contributed by atoms with E-state index in [4.69, 9.17) is 0 Å². The van der Waals surface area contributed by atoms with Crippen LogP contribution in [0.3, 0.4) is 0 Å². The van der Waals surface area contributed by atoms with Gasteiger partial charge in [0.25, 0.3) is 0 Å². The van der Waals surface area contributed by atoms with Crippen molar-refractivity contribution in [2.75, 3.05) is 18.4 Å². The molecule has 126 valence electrons. The number of fused-ring (bicyclic) bond motifs is 1. The van der Waals surface area contributed by atoms with Gasteiger partial charge in [0.05, 0.1) is 11.1 Å². The zero-order valence-corrected chi connectivity index (χ0v) is 16.0. The molecule has 1 aromatic heterocycles. The van der Waals surface area contributed by atoms with Crippen molar-refractivity contribution in [2.24, 2.45) is 0 Å². The highest BCUT2D eigenvalue weighted by atomic mass is 79.9. The Hall–Kier alpha value is -1.24. The molecule has 4 rings (SSSR count). The molecule has 6 heteroatoms. The summed E-state index contributed by atoms with van der Waals surface area (Å²) in [5.74, 6) is 0.0824. The highest BCUT2D eigenvalue weighted by molar-refractivity contribution is 9.10. The summed E-state index contributed by atoms with van der Waals surface area (Å²) in [4.78, 5) is 21.2. The quantitative estimate of drug-likeness (QED) is 0.836. The standard InChI is InChI=1S/C18H20BrN3OS/c1-2-22-9-6-14-15(11-22)24-17(20-14)21-16(23)18(7-8-18)12-4-3-5-13(19)10-12/h3-5,10H,2,6-9,11H2,1H3,(H,20,21,23). The van der Waals surface area contributed by atoms with Crippen LogP contribution >= 0.6 is 27.3 Å². The van der Waals surface area contributed by atoms with E-state index in [-0.39, 0.29) is 11.3 Å². The Labute approximate surface area is 154 Å². The third-order valence-corrected chi connectivity index (χ3v) is 6.53. The lowest BCUT2D eigenvalue weighted by Crippen LogP contribution is -2.29. The van der Waals surface area contributed by atoms with Crippen LogP contribution in [0.4, 0.5) is 5.13 Å². The lowest BCUT2D eigenvalue weighted by Gasteiger charge is -2.23. The van der Waals surface area contributed by atoms with Gasteiger partial charge in [-0.25, -0.2) is 4.98 Å². The summed E-state index contributed by atoms with van der Waals surface area (Å²) < 4.78 is 1.02. The summed E-state index contributed by atoms with van der Waals surface area (Å²) in [6.45, 7) is 5.26. The van der Waals surface area contributed by atoms with Gasteiger partial charge in [-0.3, -0.25) is 9.69 Å². The molecule has 24 heavy (non-hydrogen) atoms. The Balaban J connectivity index is 1.52. The van der Waals surface area contributed by atoms with Gasteiger partial charge in [0.2, 0.25) is 5.91 Å². The number of benzene rings is 1. The Morgan fingerprint density at radius 2 is 2.29 bits per heavy atom. The van der Waals surface area contributed by atoms with Crippen LogP contribution in [0.2, 0.25) is 0 Å². The molecule has 1 aliphatic heterocycles. The van der Waals surface area contributed by atoms with E-state index >= 15 is 0 Å². The third kappa shape index (κ3) is 2.91. The van der Waals surface area contributed by atoms with Gasteiger partial charge >= 0.3 is 0 Å². The molecule has 4 nitrogen and oxygen atoms in total. The van der Waals surface area contributed by atoms with Gasteiger partial charge in [0.1, 0.15) is 0 Å². The average molecular weight is 406 g/mol. The second kappa shape index (κ2) is 6.24. The minimum Gasteiger partial charge on any atom is -0.301 e. The number of thiazole rings is 1. The lowest BCUT2D eigenvalue weighted by molar-refractivity contribution is -0.118. The van der Waals surface area contributed by atoms with Crippen LogP contribution < -0.4 is 5.32 Å². The van der Waals surface area contributed by atoms with E-state index < -0.39 is 0 Å². The molecular weight excluding hydrogens is 386 g/mol. The Bertz CT molecular complexity index is 784. The van der Waals surface area contributed by atoms with Crippen molar-refractivity contribution in [1.29, 1.82) is 0 Å². The van der Waals surface area contributed by atoms with Crippen LogP contribution in [-0.2, 0) is 23.2 Å². The van der Waals surface area contributed by atoms with Crippen LogP contribution in [0.5, 0.6) is 0 Å². The van der Waals surface area contributed by atoms with Gasteiger partial charge in [0.15, 0.2) is 5.13 Å². The maximum atomic E-state index is 12.9. The molecule has 0 spiro atoms. The summed E-state index contributed by atoms with van der Waals surface area (Å²) >= 11 is 5.13. The predicted molar refractivity (Wildman–Crippen MR) is 100 cm³/mol. The number of rotatable bonds is 4. The topological polar surface area (TPSA) is 45.2 Å². The average Bonchev–Trinajstić information content (AvgIpc) is 3.30. The molecule has 1 N–H and O–H groups in total. The molecule has 1 aliphatic carbocycles. The molecular formula is C18H20BrN3OS. The molecule has 0 unspecified atom stereocenters. The maximum absolute atomic E-state index is 12.9. The van der Waals surface area contributed by atoms with Crippen LogP contribution in [0.1, 0.15) is 35.9 Å². The normalized spacial score (nSPS) is 18.9. The van der Waals surface area contributed by atoms with E-state index in [9.17, 15) is 4.79 Å². The van der Waals surface area contributed by atoms with Crippen LogP contribution in [-0.4, -0.2) is 28.9 Å². The molecule has 1 aromatic carbocycles. The molecule has 1 amide bonds. The number of amides is 1. The number of hydrogen-bond donors (Lipinski definition) is 1. The number of nitrogens with one attached hydrogen (secondary N) is 1. The first-order chi connectivity index (χ1) is 11.6. The fourth-order valence-corrected chi connectivity index (χ4v) is 4.79. The van der Waals surface area contributed by atoms with Crippen molar-refractivity contribution in [2.45, 2.75) is 38.1 Å². The summed E-state index contributed by atoms with van der Waals surface area (Å²) in [7, 11) is 0. The van der Waals surface area contributed by atoms with E-state index in [0.29, 0.717) is 0 Å². The van der Waals surface area contributed by atoms with E-state index in [1.807, 2.05) is 18.2 Å². The number of hydrogen-bond acceptors (Lipinski definition) is 4. The second-order valence-corrected chi connectivity index (χ2v) is 8.55. The molecule has 0 radical (unpaired) electrons. The molecule has 2 aliphatic rings. The van der Waals surface area contributed by atoms with Gasteiger partial charge in [-0.15, -0.1) is 11.3 Å². The van der Waals surface area contributed by atoms with Gasteiger partial charge in [-0.2, -0.15) is 0 Å². The zero-order chi connectivity index (χ0) is 16.7. The summed E-state index contributed by atoms with van der Waals surface area (Å²) in [6.07, 6.45) is 2.79. The van der Waals surface area contributed by atoms with Crippen molar-refractivity contribution in [1.82, 2.24) is 9.88 Å². The number of halogens is 1. The third-order valence-electron chi connectivity index (χ3n) is 5.04. The first kappa shape index (κ1) is 16.2. The molecule has 1 fully saturated rings. The first-order valence-corrected chi connectivity index (χ1v) is 10.00. The van der Waals surface area contributed by atoms with E-state index in [1.165, 1.54) is 4.88 Å². The van der Waals surface area contributed by atoms with Crippen molar-refractivity contribution >= 4 is 38.3 Å². The second-order valence-electron chi connectivity index (χ2n) is 6.55. The summed E-state index contributed by atoms with van der Waals surface area (Å²) in [6, 6.07) is 8.09. The van der Waals surface area contributed by atoms with Crippen molar-refractivity contribution in [3.63, 3.8) is 0 Å². The van der Waals surface area contributed by atoms with E-state index in [1.54, 1.807) is 11.3 Å². The minimum absolute atomic E-state index is 0.0824. The van der Waals surface area contributed by atoms with Gasteiger partial charge in [-0.1, -0.05) is 35.0 Å². The van der Waals surface area contributed by atoms with Crippen LogP contribution in [0, 0.1) is 0 Å². The monoisotopic (exact) mass is 405 g/mol. The molecule has 0 saturated heterocycles. The summed E-state index contributed by atoms with van der Waals surface area (Å²) in [5, 5.41) is 3.84.